The number of methoxy groups -OCH3 is 2. The van der Waals surface area contributed by atoms with Crippen LogP contribution in [0.2, 0.25) is 0 Å². The van der Waals surface area contributed by atoms with E-state index in [-0.39, 0.29) is 12.2 Å². The Hall–Kier alpha value is -1.52. The molecule has 1 aliphatic heterocycles. The smallest absolute Gasteiger partial charge is 0.161 e. The third kappa shape index (κ3) is 3.06. The lowest BCUT2D eigenvalue weighted by atomic mass is 9.76. The van der Waals surface area contributed by atoms with Gasteiger partial charge in [-0.15, -0.1) is 0 Å². The molecule has 132 valence electrons. The van der Waals surface area contributed by atoms with Gasteiger partial charge in [0.1, 0.15) is 6.10 Å². The van der Waals surface area contributed by atoms with Gasteiger partial charge in [0.05, 0.1) is 20.3 Å². The maximum Gasteiger partial charge on any atom is 0.161 e. The van der Waals surface area contributed by atoms with Crippen molar-refractivity contribution in [3.8, 4) is 11.5 Å². The van der Waals surface area contributed by atoms with Gasteiger partial charge in [-0.05, 0) is 53.8 Å². The van der Waals surface area contributed by atoms with Gasteiger partial charge in [0.2, 0.25) is 0 Å². The summed E-state index contributed by atoms with van der Waals surface area (Å²) in [6, 6.07) is 12.7. The molecule has 0 radical (unpaired) electrons. The molecule has 0 amide bonds. The highest BCUT2D eigenvalue weighted by Gasteiger charge is 2.38. The number of benzene rings is 2. The summed E-state index contributed by atoms with van der Waals surface area (Å²) in [7, 11) is 3.39. The number of hydrogen-bond donors (Lipinski definition) is 0. The van der Waals surface area contributed by atoms with Crippen LogP contribution in [0.3, 0.4) is 0 Å². The highest BCUT2D eigenvalue weighted by atomic mass is 79.9. The maximum absolute atomic E-state index is 6.60. The Morgan fingerprint density at radius 1 is 0.920 bits per heavy atom. The van der Waals surface area contributed by atoms with Crippen LogP contribution in [0.4, 0.5) is 0 Å². The monoisotopic (exact) mass is 402 g/mol. The van der Waals surface area contributed by atoms with Crippen LogP contribution < -0.4 is 9.47 Å². The van der Waals surface area contributed by atoms with Gasteiger partial charge in [-0.25, -0.2) is 0 Å². The van der Waals surface area contributed by atoms with Crippen LogP contribution in [-0.2, 0) is 4.74 Å². The van der Waals surface area contributed by atoms with Crippen molar-refractivity contribution in [1.29, 1.82) is 0 Å². The van der Waals surface area contributed by atoms with E-state index in [9.17, 15) is 0 Å². The molecule has 4 heteroatoms. The minimum atomic E-state index is -0.0535. The second kappa shape index (κ2) is 7.00. The van der Waals surface area contributed by atoms with Crippen molar-refractivity contribution >= 4 is 15.9 Å². The van der Waals surface area contributed by atoms with E-state index in [1.807, 2.05) is 0 Å². The van der Waals surface area contributed by atoms with Crippen LogP contribution in [0.25, 0.3) is 0 Å². The van der Waals surface area contributed by atoms with E-state index in [1.54, 1.807) is 14.2 Å². The van der Waals surface area contributed by atoms with Gasteiger partial charge in [-0.2, -0.15) is 0 Å². The molecule has 2 aliphatic rings. The van der Waals surface area contributed by atoms with Crippen molar-refractivity contribution in [2.24, 2.45) is 0 Å². The van der Waals surface area contributed by atoms with Gasteiger partial charge in [-0.1, -0.05) is 40.9 Å². The molecule has 3 nitrogen and oxygen atoms in total. The average molecular weight is 403 g/mol. The Morgan fingerprint density at radius 3 is 2.24 bits per heavy atom. The normalized spacial score (nSPS) is 25.0. The number of fused-ring (bicyclic) bond motifs is 3. The number of rotatable bonds is 3. The molecule has 25 heavy (non-hydrogen) atoms. The Kier molecular flexibility index (Phi) is 4.74. The van der Waals surface area contributed by atoms with E-state index in [1.165, 1.54) is 36.0 Å². The Bertz CT molecular complexity index is 756. The predicted molar refractivity (Wildman–Crippen MR) is 102 cm³/mol. The third-order valence-corrected chi connectivity index (χ3v) is 5.99. The maximum atomic E-state index is 6.60. The summed E-state index contributed by atoms with van der Waals surface area (Å²) in [6.07, 6.45) is 5.05. The molecular weight excluding hydrogens is 380 g/mol. The van der Waals surface area contributed by atoms with E-state index in [4.69, 9.17) is 14.2 Å². The summed E-state index contributed by atoms with van der Waals surface area (Å²) in [5, 5.41) is 0. The lowest BCUT2D eigenvalue weighted by Crippen LogP contribution is -2.33. The molecule has 2 aromatic rings. The molecule has 0 N–H and O–H groups in total. The van der Waals surface area contributed by atoms with E-state index < -0.39 is 0 Å². The summed E-state index contributed by atoms with van der Waals surface area (Å²) in [5.41, 5.74) is 3.75. The topological polar surface area (TPSA) is 27.7 Å². The summed E-state index contributed by atoms with van der Waals surface area (Å²) >= 11 is 3.52. The standard InChI is InChI=1S/C21H23BrO3/c1-23-19-11-16-15-5-3-4-6-18(15)25-21(17(16)12-20(19)24-2)13-7-9-14(22)10-8-13/h7-12,15,18,21H,3-6H2,1-2H3/t15-,18+,21+/m0/s1. The highest BCUT2D eigenvalue weighted by Crippen LogP contribution is 2.49. The first-order valence-electron chi connectivity index (χ1n) is 8.88. The van der Waals surface area contributed by atoms with Crippen molar-refractivity contribution < 1.29 is 14.2 Å². The first-order chi connectivity index (χ1) is 12.2. The fourth-order valence-corrected chi connectivity index (χ4v) is 4.48. The number of hydrogen-bond acceptors (Lipinski definition) is 3. The van der Waals surface area contributed by atoms with Gasteiger partial charge in [0.15, 0.2) is 11.5 Å². The summed E-state index contributed by atoms with van der Waals surface area (Å²) in [5.74, 6) is 2.03. The fourth-order valence-electron chi connectivity index (χ4n) is 4.22. The first kappa shape index (κ1) is 16.9. The molecule has 0 saturated heterocycles. The largest absolute Gasteiger partial charge is 0.493 e. The van der Waals surface area contributed by atoms with E-state index in [0.29, 0.717) is 5.92 Å². The second-order valence-corrected chi connectivity index (χ2v) is 7.75. The van der Waals surface area contributed by atoms with Crippen molar-refractivity contribution in [3.63, 3.8) is 0 Å². The fraction of sp³-hybridized carbons (Fsp3) is 0.429. The van der Waals surface area contributed by atoms with Crippen LogP contribution in [0.1, 0.15) is 54.4 Å². The lowest BCUT2D eigenvalue weighted by Gasteiger charge is -2.41. The quantitative estimate of drug-likeness (QED) is 0.667. The van der Waals surface area contributed by atoms with Gasteiger partial charge in [-0.3, -0.25) is 0 Å². The Balaban J connectivity index is 1.85. The number of halogens is 1. The molecular formula is C21H23BrO3. The van der Waals surface area contributed by atoms with Crippen LogP contribution in [0.15, 0.2) is 40.9 Å². The highest BCUT2D eigenvalue weighted by molar-refractivity contribution is 9.10. The predicted octanol–water partition coefficient (Wildman–Crippen LogP) is 5.61. The molecule has 4 rings (SSSR count). The molecule has 1 fully saturated rings. The lowest BCUT2D eigenvalue weighted by molar-refractivity contribution is -0.0391. The molecule has 2 aromatic carbocycles. The average Bonchev–Trinajstić information content (AvgIpc) is 2.67. The Labute approximate surface area is 157 Å². The minimum Gasteiger partial charge on any atom is -0.493 e. The SMILES string of the molecule is COc1cc2c(cc1OC)[C@@H]1CCCC[C@H]1O[C@@H]2c1ccc(Br)cc1. The zero-order chi connectivity index (χ0) is 17.4. The van der Waals surface area contributed by atoms with E-state index in [2.05, 4.69) is 52.3 Å². The second-order valence-electron chi connectivity index (χ2n) is 6.83. The summed E-state index contributed by atoms with van der Waals surface area (Å²) in [4.78, 5) is 0. The van der Waals surface area contributed by atoms with Crippen molar-refractivity contribution in [2.45, 2.75) is 43.8 Å². The van der Waals surface area contributed by atoms with Gasteiger partial charge in [0.25, 0.3) is 0 Å². The van der Waals surface area contributed by atoms with Crippen molar-refractivity contribution in [1.82, 2.24) is 0 Å². The molecule has 1 heterocycles. The zero-order valence-corrected chi connectivity index (χ0v) is 16.2. The third-order valence-electron chi connectivity index (χ3n) is 5.46. The molecule has 0 bridgehead atoms. The van der Waals surface area contributed by atoms with Crippen LogP contribution in [0.5, 0.6) is 11.5 Å². The molecule has 0 unspecified atom stereocenters. The van der Waals surface area contributed by atoms with Crippen LogP contribution in [-0.4, -0.2) is 20.3 Å². The summed E-state index contributed by atoms with van der Waals surface area (Å²) in [6.45, 7) is 0. The molecule has 1 aliphatic carbocycles. The minimum absolute atomic E-state index is 0.0535. The molecule has 0 aromatic heterocycles. The molecule has 0 spiro atoms. The van der Waals surface area contributed by atoms with E-state index in [0.717, 1.165) is 22.4 Å². The Morgan fingerprint density at radius 2 is 1.56 bits per heavy atom. The van der Waals surface area contributed by atoms with Crippen molar-refractivity contribution in [3.05, 3.63) is 57.6 Å². The number of ether oxygens (including phenoxy) is 3. The zero-order valence-electron chi connectivity index (χ0n) is 14.6. The first-order valence-corrected chi connectivity index (χ1v) is 9.67. The van der Waals surface area contributed by atoms with Crippen LogP contribution in [0, 0.1) is 0 Å². The molecule has 3 atom stereocenters. The van der Waals surface area contributed by atoms with E-state index >= 15 is 0 Å². The van der Waals surface area contributed by atoms with Gasteiger partial charge < -0.3 is 14.2 Å². The van der Waals surface area contributed by atoms with Crippen LogP contribution >= 0.6 is 15.9 Å². The van der Waals surface area contributed by atoms with Crippen molar-refractivity contribution in [2.75, 3.05) is 14.2 Å². The summed E-state index contributed by atoms with van der Waals surface area (Å²) < 4.78 is 18.8. The van der Waals surface area contributed by atoms with Gasteiger partial charge in [0, 0.05) is 10.4 Å². The van der Waals surface area contributed by atoms with Gasteiger partial charge >= 0.3 is 0 Å². The molecule has 1 saturated carbocycles.